The molecule has 4 aliphatic rings. The minimum Gasteiger partial charge on any atom is -0.479 e. The Bertz CT molecular complexity index is 936. The van der Waals surface area contributed by atoms with Crippen molar-refractivity contribution in [2.45, 2.75) is 129 Å². The van der Waals surface area contributed by atoms with Crippen LogP contribution in [0.25, 0.3) is 0 Å². The lowest BCUT2D eigenvalue weighted by molar-refractivity contribution is -0.361. The molecule has 1 aliphatic carbocycles. The predicted molar refractivity (Wildman–Crippen MR) is 141 cm³/mol. The summed E-state index contributed by atoms with van der Waals surface area (Å²) in [7, 11) is 0. The van der Waals surface area contributed by atoms with E-state index in [4.69, 9.17) is 51.4 Å². The first-order valence-electron chi connectivity index (χ1n) is 14.3. The van der Waals surface area contributed by atoms with Crippen LogP contribution in [-0.4, -0.2) is 193 Å². The Kier molecular flexibility index (Phi) is 12.1. The van der Waals surface area contributed by atoms with Gasteiger partial charge in [0, 0.05) is 18.6 Å². The molecule has 4 fully saturated rings. The number of carboxylic acid groups (broad SMARTS) is 1. The van der Waals surface area contributed by atoms with Gasteiger partial charge in [0.2, 0.25) is 0 Å². The van der Waals surface area contributed by atoms with Crippen LogP contribution in [0.2, 0.25) is 0 Å². The van der Waals surface area contributed by atoms with Gasteiger partial charge in [-0.25, -0.2) is 4.79 Å². The molecule has 45 heavy (non-hydrogen) atoms. The number of hydrogen-bond acceptors (Lipinski definition) is 20. The molecule has 262 valence electrons. The van der Waals surface area contributed by atoms with Crippen molar-refractivity contribution in [3.63, 3.8) is 0 Å². The van der Waals surface area contributed by atoms with Crippen LogP contribution in [0, 0.1) is 0 Å². The number of carboxylic acids is 1. The first-order valence-corrected chi connectivity index (χ1v) is 14.3. The number of rotatable bonds is 9. The maximum atomic E-state index is 11.7. The molecule has 0 aromatic carbocycles. The highest BCUT2D eigenvalue weighted by atomic mass is 16.8. The summed E-state index contributed by atoms with van der Waals surface area (Å²) in [5.41, 5.74) is 24.2. The van der Waals surface area contributed by atoms with E-state index in [-0.39, 0.29) is 13.0 Å². The molecule has 21 nitrogen and oxygen atoms in total. The topological polar surface area (TPSA) is 379 Å². The Hall–Kier alpha value is -1.29. The quantitative estimate of drug-likeness (QED) is 0.109. The molecule has 3 heterocycles. The van der Waals surface area contributed by atoms with E-state index in [1.54, 1.807) is 0 Å². The van der Waals surface area contributed by atoms with Gasteiger partial charge < -0.3 is 102 Å². The Morgan fingerprint density at radius 2 is 1.09 bits per heavy atom. The van der Waals surface area contributed by atoms with E-state index in [2.05, 4.69) is 0 Å². The van der Waals surface area contributed by atoms with E-state index in [0.29, 0.717) is 0 Å². The SMILES string of the molecule is NC[C@H]1O[C@H](O[C@H]2[C@H](OC3OC(C(=O)O)C(O)C(O)C3O)[C@@H](O[C@H]3O[C@H](CO)[C@@H](O)[C@H](N)[C@H]3O)[C@H](N)C[C@@H]2N)[C@H](O)[C@@H](O)[C@@H]1O. The van der Waals surface area contributed by atoms with Crippen LogP contribution in [0.4, 0.5) is 0 Å². The minimum absolute atomic E-state index is 0.113. The molecule has 0 amide bonds. The van der Waals surface area contributed by atoms with Crippen LogP contribution in [0.5, 0.6) is 0 Å². The van der Waals surface area contributed by atoms with Crippen molar-refractivity contribution < 1.29 is 84.3 Å². The average molecular weight is 661 g/mol. The van der Waals surface area contributed by atoms with Gasteiger partial charge in [-0.3, -0.25) is 0 Å². The van der Waals surface area contributed by atoms with E-state index in [1.807, 2.05) is 0 Å². The van der Waals surface area contributed by atoms with Crippen LogP contribution >= 0.6 is 0 Å². The summed E-state index contributed by atoms with van der Waals surface area (Å²) in [5.74, 6) is -1.71. The van der Waals surface area contributed by atoms with Gasteiger partial charge >= 0.3 is 5.97 Å². The molecule has 20 atom stereocenters. The number of aliphatic carboxylic acids is 1. The zero-order chi connectivity index (χ0) is 33.5. The number of ether oxygens (including phenoxy) is 6. The lowest BCUT2D eigenvalue weighted by atomic mass is 9.83. The van der Waals surface area contributed by atoms with Crippen molar-refractivity contribution >= 4 is 5.97 Å². The Morgan fingerprint density at radius 1 is 0.622 bits per heavy atom. The standard InChI is InChI=1S/C24H44N4O17/c25-2-6-10(31)12(33)15(36)23(40-6)43-18-5(27)1-4(26)17(42-22-11(32)8(28)9(30)7(3-29)41-22)20(18)45-24-16(37)13(34)14(35)19(44-24)21(38)39/h4-20,22-24,29-37H,1-3,25-28H2,(H,38,39)/t4-,5+,6-,7-,8+,9-,10-,11-,12+,13?,14?,15-,16?,17+,18-,19?,20-,22-,23-,24?/m1/s1. The highest BCUT2D eigenvalue weighted by Gasteiger charge is 2.55. The van der Waals surface area contributed by atoms with Gasteiger partial charge in [0.25, 0.3) is 0 Å². The van der Waals surface area contributed by atoms with Crippen molar-refractivity contribution in [2.24, 2.45) is 22.9 Å². The number of aliphatic hydroxyl groups excluding tert-OH is 9. The molecule has 4 rings (SSSR count). The summed E-state index contributed by atoms with van der Waals surface area (Å²) in [6.45, 7) is -1.02. The molecule has 0 bridgehead atoms. The Morgan fingerprint density at radius 3 is 1.60 bits per heavy atom. The second-order valence-electron chi connectivity index (χ2n) is 11.6. The van der Waals surface area contributed by atoms with E-state index in [1.165, 1.54) is 0 Å². The van der Waals surface area contributed by atoms with Gasteiger partial charge in [-0.2, -0.15) is 0 Å². The van der Waals surface area contributed by atoms with Crippen molar-refractivity contribution in [3.8, 4) is 0 Å². The molecule has 5 unspecified atom stereocenters. The molecule has 0 radical (unpaired) electrons. The summed E-state index contributed by atoms with van der Waals surface area (Å²) < 4.78 is 34.1. The van der Waals surface area contributed by atoms with Crippen LogP contribution in [0.15, 0.2) is 0 Å². The Balaban J connectivity index is 1.68. The van der Waals surface area contributed by atoms with Crippen molar-refractivity contribution in [1.82, 2.24) is 0 Å². The normalized spacial score (nSPS) is 52.8. The third-order valence-electron chi connectivity index (χ3n) is 8.56. The van der Waals surface area contributed by atoms with E-state index >= 15 is 0 Å². The summed E-state index contributed by atoms with van der Waals surface area (Å²) in [6.07, 6.45) is -29.3. The molecule has 1 saturated carbocycles. The van der Waals surface area contributed by atoms with Gasteiger partial charge in [0.15, 0.2) is 25.0 Å². The predicted octanol–water partition coefficient (Wildman–Crippen LogP) is -9.37. The van der Waals surface area contributed by atoms with E-state index in [0.717, 1.165) is 0 Å². The summed E-state index contributed by atoms with van der Waals surface area (Å²) >= 11 is 0. The van der Waals surface area contributed by atoms with Gasteiger partial charge in [0.05, 0.1) is 12.6 Å². The highest BCUT2D eigenvalue weighted by molar-refractivity contribution is 5.73. The number of aliphatic hydroxyl groups is 9. The molecule has 18 N–H and O–H groups in total. The third-order valence-corrected chi connectivity index (χ3v) is 8.56. The van der Waals surface area contributed by atoms with Crippen LogP contribution in [0.3, 0.4) is 0 Å². The van der Waals surface area contributed by atoms with Gasteiger partial charge in [0.1, 0.15) is 79.4 Å². The summed E-state index contributed by atoms with van der Waals surface area (Å²) in [4.78, 5) is 11.7. The fraction of sp³-hybridized carbons (Fsp3) is 0.958. The molecule has 3 aliphatic heterocycles. The smallest absolute Gasteiger partial charge is 0.335 e. The number of carbonyl (C=O) groups is 1. The molecular weight excluding hydrogens is 616 g/mol. The molecule has 0 aromatic heterocycles. The van der Waals surface area contributed by atoms with Crippen LogP contribution in [0.1, 0.15) is 6.42 Å². The monoisotopic (exact) mass is 660 g/mol. The first-order chi connectivity index (χ1) is 21.1. The van der Waals surface area contributed by atoms with Gasteiger partial charge in [-0.1, -0.05) is 0 Å². The molecule has 3 saturated heterocycles. The Labute approximate surface area is 255 Å². The van der Waals surface area contributed by atoms with Gasteiger partial charge in [-0.15, -0.1) is 0 Å². The second kappa shape index (κ2) is 14.9. The average Bonchev–Trinajstić information content (AvgIpc) is 3.00. The minimum atomic E-state index is -2.08. The largest absolute Gasteiger partial charge is 0.479 e. The second-order valence-corrected chi connectivity index (χ2v) is 11.6. The van der Waals surface area contributed by atoms with E-state index in [9.17, 15) is 55.9 Å². The van der Waals surface area contributed by atoms with Crippen LogP contribution < -0.4 is 22.9 Å². The lowest BCUT2D eigenvalue weighted by Gasteiger charge is -2.50. The third kappa shape index (κ3) is 7.26. The van der Waals surface area contributed by atoms with Crippen LogP contribution in [-0.2, 0) is 33.2 Å². The fourth-order valence-electron chi connectivity index (χ4n) is 5.85. The molecular formula is C24H44N4O17. The zero-order valence-electron chi connectivity index (χ0n) is 23.8. The molecule has 0 spiro atoms. The maximum absolute atomic E-state index is 11.7. The fourth-order valence-corrected chi connectivity index (χ4v) is 5.85. The molecule has 21 heteroatoms. The van der Waals surface area contributed by atoms with Crippen molar-refractivity contribution in [3.05, 3.63) is 0 Å². The first kappa shape index (κ1) is 36.5. The van der Waals surface area contributed by atoms with Gasteiger partial charge in [-0.05, 0) is 6.42 Å². The number of nitrogens with two attached hydrogens (primary N) is 4. The zero-order valence-corrected chi connectivity index (χ0v) is 23.8. The van der Waals surface area contributed by atoms with Crippen molar-refractivity contribution in [2.75, 3.05) is 13.2 Å². The maximum Gasteiger partial charge on any atom is 0.335 e. The summed E-state index contributed by atoms with van der Waals surface area (Å²) in [5, 5.41) is 102. The van der Waals surface area contributed by atoms with E-state index < -0.39 is 135 Å². The summed E-state index contributed by atoms with van der Waals surface area (Å²) in [6, 6.07) is -3.55. The molecule has 0 aromatic rings. The lowest BCUT2D eigenvalue weighted by Crippen LogP contribution is -2.70. The van der Waals surface area contributed by atoms with Crippen molar-refractivity contribution in [1.29, 1.82) is 0 Å². The number of hydrogen-bond donors (Lipinski definition) is 14. The highest BCUT2D eigenvalue weighted by Crippen LogP contribution is 2.35.